The van der Waals surface area contributed by atoms with E-state index in [1.807, 2.05) is 0 Å². The number of aliphatic carboxylic acids is 1. The molecule has 2 aromatic rings. The third-order valence-corrected chi connectivity index (χ3v) is 8.91. The predicted octanol–water partition coefficient (Wildman–Crippen LogP) is 7.68. The van der Waals surface area contributed by atoms with Crippen molar-refractivity contribution in [3.8, 4) is 0 Å². The number of nitrogens with zero attached hydrogens (tertiary/aromatic N) is 3. The average Bonchev–Trinajstić information content (AvgIpc) is 3.50. The zero-order valence-electron chi connectivity index (χ0n) is 22.0. The minimum atomic E-state index is -5.02. The number of alkyl halides is 4. The van der Waals surface area contributed by atoms with E-state index >= 15 is 4.39 Å². The van der Waals surface area contributed by atoms with Crippen molar-refractivity contribution in [1.82, 2.24) is 14.7 Å². The summed E-state index contributed by atoms with van der Waals surface area (Å²) in [4.78, 5) is 39.3. The highest BCUT2D eigenvalue weighted by Crippen LogP contribution is 2.44. The molecule has 1 aromatic heterocycles. The van der Waals surface area contributed by atoms with E-state index in [2.05, 4.69) is 5.10 Å². The summed E-state index contributed by atoms with van der Waals surface area (Å²) in [6.45, 7) is 0.149. The smallest absolute Gasteiger partial charge is 0.433 e. The number of hydrogen-bond acceptors (Lipinski definition) is 4. The Morgan fingerprint density at radius 2 is 1.63 bits per heavy atom. The molecule has 1 aromatic carbocycles. The van der Waals surface area contributed by atoms with E-state index in [0.29, 0.717) is 17.5 Å². The van der Waals surface area contributed by atoms with Crippen LogP contribution >= 0.6 is 34.8 Å². The van der Waals surface area contributed by atoms with Crippen LogP contribution in [0, 0.1) is 5.41 Å². The Balaban J connectivity index is 1.69. The molecular weight excluding hydrogens is 613 g/mol. The first-order valence-corrected chi connectivity index (χ1v) is 14.2. The molecule has 2 aliphatic rings. The largest absolute Gasteiger partial charge is 0.481 e. The Hall–Kier alpha value is -2.37. The van der Waals surface area contributed by atoms with Crippen LogP contribution in [0.5, 0.6) is 0 Å². The average molecular weight is 641 g/mol. The van der Waals surface area contributed by atoms with Gasteiger partial charge in [0.25, 0.3) is 5.91 Å². The van der Waals surface area contributed by atoms with Crippen molar-refractivity contribution in [2.75, 3.05) is 13.1 Å². The van der Waals surface area contributed by atoms with Crippen molar-refractivity contribution in [2.45, 2.75) is 76.2 Å². The molecule has 41 heavy (non-hydrogen) atoms. The fourth-order valence-electron chi connectivity index (χ4n) is 5.72. The van der Waals surface area contributed by atoms with E-state index in [1.165, 1.54) is 19.1 Å². The third-order valence-electron chi connectivity index (χ3n) is 8.10. The lowest BCUT2D eigenvalue weighted by Crippen LogP contribution is -2.45. The lowest BCUT2D eigenvalue weighted by atomic mass is 9.74. The zero-order valence-corrected chi connectivity index (χ0v) is 24.3. The van der Waals surface area contributed by atoms with Gasteiger partial charge >= 0.3 is 12.1 Å². The van der Waals surface area contributed by atoms with Gasteiger partial charge in [-0.3, -0.25) is 19.1 Å². The van der Waals surface area contributed by atoms with Crippen molar-refractivity contribution in [3.63, 3.8) is 0 Å². The highest BCUT2D eigenvalue weighted by atomic mass is 35.5. The van der Waals surface area contributed by atoms with Crippen LogP contribution in [0.15, 0.2) is 18.3 Å². The van der Waals surface area contributed by atoms with Crippen LogP contribution in [0.4, 0.5) is 17.6 Å². The molecule has 0 aliphatic heterocycles. The number of carboxylic acid groups (broad SMARTS) is 1. The van der Waals surface area contributed by atoms with Crippen LogP contribution in [0.2, 0.25) is 15.1 Å². The third kappa shape index (κ3) is 6.67. The molecule has 1 amide bonds. The zero-order chi connectivity index (χ0) is 30.3. The van der Waals surface area contributed by atoms with Crippen molar-refractivity contribution in [2.24, 2.45) is 5.41 Å². The van der Waals surface area contributed by atoms with Gasteiger partial charge in [0.1, 0.15) is 5.67 Å². The number of carbonyl (C=O) groups excluding carboxylic acids is 2. The summed E-state index contributed by atoms with van der Waals surface area (Å²) in [5.74, 6) is -3.04. The standard InChI is InChI=1S/C27H28Cl3F4N3O4/c1-25(24(40)41)8-4-16(5-9-25)37-22(27(32,33)34)17(12-35-37)23(39)36(14-26(31)6-2-3-7-26)13-20(38)21-18(29)10-15(28)11-19(21)30/h10-12,16H,2-9,13-14H2,1H3,(H,40,41). The molecule has 14 heteroatoms. The van der Waals surface area contributed by atoms with Gasteiger partial charge in [-0.05, 0) is 57.6 Å². The number of ketones is 1. The maximum atomic E-state index is 15.6. The van der Waals surface area contributed by atoms with Crippen molar-refractivity contribution in [1.29, 1.82) is 0 Å². The highest BCUT2D eigenvalue weighted by Gasteiger charge is 2.46. The molecule has 0 saturated heterocycles. The lowest BCUT2D eigenvalue weighted by molar-refractivity contribution is -0.152. The fourth-order valence-corrected chi connectivity index (χ4v) is 6.74. The molecule has 224 valence electrons. The number of amides is 1. The van der Waals surface area contributed by atoms with Gasteiger partial charge in [-0.25, -0.2) is 4.39 Å². The quantitative estimate of drug-likeness (QED) is 0.236. The maximum Gasteiger partial charge on any atom is 0.433 e. The SMILES string of the molecule is CC1(C(=O)O)CCC(n2ncc(C(=O)N(CC(=O)c3c(Cl)cc(Cl)cc3Cl)CC3(F)CCCC3)c2C(F)(F)F)CC1. The van der Waals surface area contributed by atoms with Gasteiger partial charge in [0.05, 0.1) is 51.9 Å². The lowest BCUT2D eigenvalue weighted by Gasteiger charge is -2.34. The molecular formula is C27H28Cl3F4N3O4. The molecule has 0 spiro atoms. The molecule has 1 heterocycles. The summed E-state index contributed by atoms with van der Waals surface area (Å²) in [6.07, 6.45) is -2.55. The first kappa shape index (κ1) is 31.6. The summed E-state index contributed by atoms with van der Waals surface area (Å²) in [5, 5.41) is 13.3. The van der Waals surface area contributed by atoms with Crippen LogP contribution < -0.4 is 0 Å². The van der Waals surface area contributed by atoms with Crippen LogP contribution in [-0.4, -0.2) is 56.2 Å². The highest BCUT2D eigenvalue weighted by molar-refractivity contribution is 6.42. The van der Waals surface area contributed by atoms with E-state index < -0.39 is 65.3 Å². The summed E-state index contributed by atoms with van der Waals surface area (Å²) < 4.78 is 59.6. The number of benzene rings is 1. The van der Waals surface area contributed by atoms with E-state index in [-0.39, 0.29) is 59.2 Å². The second kappa shape index (κ2) is 11.7. The van der Waals surface area contributed by atoms with Gasteiger partial charge in [0, 0.05) is 5.02 Å². The van der Waals surface area contributed by atoms with Gasteiger partial charge in [-0.15, -0.1) is 0 Å². The molecule has 2 fully saturated rings. The molecule has 0 unspecified atom stereocenters. The van der Waals surface area contributed by atoms with Gasteiger partial charge in [0.15, 0.2) is 11.5 Å². The van der Waals surface area contributed by atoms with Crippen molar-refractivity contribution in [3.05, 3.63) is 50.2 Å². The molecule has 0 radical (unpaired) electrons. The normalized spacial score (nSPS) is 22.5. The van der Waals surface area contributed by atoms with Crippen LogP contribution in [0.3, 0.4) is 0 Å². The van der Waals surface area contributed by atoms with Gasteiger partial charge < -0.3 is 10.0 Å². The summed E-state index contributed by atoms with van der Waals surface area (Å²) in [7, 11) is 0. The molecule has 0 atom stereocenters. The maximum absolute atomic E-state index is 15.6. The first-order chi connectivity index (χ1) is 19.0. The minimum absolute atomic E-state index is 0.0865. The minimum Gasteiger partial charge on any atom is -0.481 e. The first-order valence-electron chi connectivity index (χ1n) is 13.1. The number of carboxylic acids is 1. The van der Waals surface area contributed by atoms with Crippen LogP contribution in [0.1, 0.15) is 90.7 Å². The number of hydrogen-bond donors (Lipinski definition) is 1. The Bertz CT molecular complexity index is 1330. The number of aromatic nitrogens is 2. The van der Waals surface area contributed by atoms with Crippen molar-refractivity contribution >= 4 is 52.5 Å². The number of rotatable bonds is 8. The summed E-state index contributed by atoms with van der Waals surface area (Å²) in [5.41, 5.74) is -5.30. The summed E-state index contributed by atoms with van der Waals surface area (Å²) in [6, 6.07) is 1.71. The molecule has 0 bridgehead atoms. The van der Waals surface area contributed by atoms with E-state index in [0.717, 1.165) is 11.1 Å². The summed E-state index contributed by atoms with van der Waals surface area (Å²) >= 11 is 18.2. The van der Waals surface area contributed by atoms with Gasteiger partial charge in [-0.2, -0.15) is 18.3 Å². The Labute approximate surface area is 248 Å². The molecule has 7 nitrogen and oxygen atoms in total. The number of carbonyl (C=O) groups is 3. The molecule has 1 N–H and O–H groups in total. The molecule has 2 saturated carbocycles. The second-order valence-electron chi connectivity index (χ2n) is 11.1. The fraction of sp³-hybridized carbons (Fsp3) is 0.556. The number of Topliss-reactive ketones (excluding diaryl/α,β-unsaturated/α-hetero) is 1. The van der Waals surface area contributed by atoms with Gasteiger partial charge in [-0.1, -0.05) is 47.6 Å². The predicted molar refractivity (Wildman–Crippen MR) is 144 cm³/mol. The molecule has 2 aliphatic carbocycles. The van der Waals surface area contributed by atoms with E-state index in [9.17, 15) is 32.7 Å². The Morgan fingerprint density at radius 1 is 1.07 bits per heavy atom. The number of halogens is 7. The second-order valence-corrected chi connectivity index (χ2v) is 12.4. The van der Waals surface area contributed by atoms with Gasteiger partial charge in [0.2, 0.25) is 0 Å². The van der Waals surface area contributed by atoms with Crippen LogP contribution in [-0.2, 0) is 11.0 Å². The Morgan fingerprint density at radius 3 is 2.15 bits per heavy atom. The molecule has 4 rings (SSSR count). The Kier molecular flexibility index (Phi) is 9.02. The van der Waals surface area contributed by atoms with Crippen LogP contribution in [0.25, 0.3) is 0 Å². The topological polar surface area (TPSA) is 92.5 Å². The van der Waals surface area contributed by atoms with E-state index in [1.54, 1.807) is 0 Å². The monoisotopic (exact) mass is 639 g/mol. The van der Waals surface area contributed by atoms with Crippen molar-refractivity contribution < 1.29 is 37.1 Å². The van der Waals surface area contributed by atoms with E-state index in [4.69, 9.17) is 34.8 Å².